The van der Waals surface area contributed by atoms with Crippen LogP contribution in [0.3, 0.4) is 0 Å². The van der Waals surface area contributed by atoms with E-state index in [2.05, 4.69) is 18.3 Å². The second-order valence-electron chi connectivity index (χ2n) is 5.28. The molecule has 2 aromatic rings. The highest BCUT2D eigenvalue weighted by atomic mass is 16.2. The second kappa shape index (κ2) is 6.93. The highest BCUT2D eigenvalue weighted by molar-refractivity contribution is 5.74. The lowest BCUT2D eigenvalue weighted by Crippen LogP contribution is -2.38. The van der Waals surface area contributed by atoms with Crippen molar-refractivity contribution < 1.29 is 4.79 Å². The third kappa shape index (κ3) is 3.85. The van der Waals surface area contributed by atoms with Crippen LogP contribution >= 0.6 is 0 Å². The van der Waals surface area contributed by atoms with Gasteiger partial charge in [0.2, 0.25) is 0 Å². The van der Waals surface area contributed by atoms with Gasteiger partial charge < -0.3 is 10.2 Å². The van der Waals surface area contributed by atoms with Gasteiger partial charge in [-0.15, -0.1) is 0 Å². The maximum Gasteiger partial charge on any atom is 0.317 e. The van der Waals surface area contributed by atoms with Crippen molar-refractivity contribution >= 4 is 6.03 Å². The lowest BCUT2D eigenvalue weighted by Gasteiger charge is -2.25. The fourth-order valence-electron chi connectivity index (χ4n) is 2.24. The van der Waals surface area contributed by atoms with Crippen LogP contribution in [0.1, 0.15) is 29.7 Å². The summed E-state index contributed by atoms with van der Waals surface area (Å²) in [6.45, 7) is 4.64. The molecule has 21 heavy (non-hydrogen) atoms. The minimum atomic E-state index is -0.0605. The fourth-order valence-corrected chi connectivity index (χ4v) is 2.24. The Morgan fingerprint density at radius 1 is 1.10 bits per heavy atom. The summed E-state index contributed by atoms with van der Waals surface area (Å²) >= 11 is 0. The van der Waals surface area contributed by atoms with Crippen LogP contribution in [-0.2, 0) is 6.54 Å². The lowest BCUT2D eigenvalue weighted by molar-refractivity contribution is 0.194. The second-order valence-corrected chi connectivity index (χ2v) is 5.28. The zero-order chi connectivity index (χ0) is 15.2. The van der Waals surface area contributed by atoms with Gasteiger partial charge in [0, 0.05) is 13.6 Å². The maximum atomic E-state index is 12.3. The SMILES string of the molecule is Cc1ccccc1CNC(=O)N(C)C(C)c1ccccc1. The van der Waals surface area contributed by atoms with Crippen LogP contribution in [-0.4, -0.2) is 18.0 Å². The molecule has 110 valence electrons. The zero-order valence-corrected chi connectivity index (χ0v) is 12.8. The smallest absolute Gasteiger partial charge is 0.317 e. The quantitative estimate of drug-likeness (QED) is 0.906. The minimum absolute atomic E-state index is 0.0445. The standard InChI is InChI=1S/C18H22N2O/c1-14-9-7-8-12-17(14)13-19-18(21)20(3)15(2)16-10-5-4-6-11-16/h4-12,15H,13H2,1-3H3,(H,19,21). The molecule has 3 nitrogen and oxygen atoms in total. The van der Waals surface area contributed by atoms with Crippen molar-refractivity contribution in [2.45, 2.75) is 26.4 Å². The molecule has 2 rings (SSSR count). The summed E-state index contributed by atoms with van der Waals surface area (Å²) in [6, 6.07) is 18.1. The summed E-state index contributed by atoms with van der Waals surface area (Å²) < 4.78 is 0. The third-order valence-electron chi connectivity index (χ3n) is 3.87. The molecule has 0 fully saturated rings. The Balaban J connectivity index is 1.95. The molecular formula is C18H22N2O. The maximum absolute atomic E-state index is 12.3. The molecule has 0 bridgehead atoms. The van der Waals surface area contributed by atoms with E-state index >= 15 is 0 Å². The van der Waals surface area contributed by atoms with Crippen LogP contribution in [0.5, 0.6) is 0 Å². The lowest BCUT2D eigenvalue weighted by atomic mass is 10.1. The summed E-state index contributed by atoms with van der Waals surface area (Å²) in [6.07, 6.45) is 0. The van der Waals surface area contributed by atoms with E-state index in [1.165, 1.54) is 5.56 Å². The van der Waals surface area contributed by atoms with E-state index < -0.39 is 0 Å². The van der Waals surface area contributed by atoms with Crippen LogP contribution in [0, 0.1) is 6.92 Å². The monoisotopic (exact) mass is 282 g/mol. The fraction of sp³-hybridized carbons (Fsp3) is 0.278. The van der Waals surface area contributed by atoms with Crippen molar-refractivity contribution in [3.63, 3.8) is 0 Å². The Morgan fingerprint density at radius 2 is 1.71 bits per heavy atom. The van der Waals surface area contributed by atoms with Crippen LogP contribution in [0.2, 0.25) is 0 Å². The molecule has 2 aromatic carbocycles. The van der Waals surface area contributed by atoms with Gasteiger partial charge >= 0.3 is 6.03 Å². The number of hydrogen-bond donors (Lipinski definition) is 1. The zero-order valence-electron chi connectivity index (χ0n) is 12.8. The summed E-state index contributed by atoms with van der Waals surface area (Å²) in [5, 5.41) is 2.98. The molecule has 1 unspecified atom stereocenters. The summed E-state index contributed by atoms with van der Waals surface area (Å²) in [7, 11) is 1.82. The molecule has 0 saturated carbocycles. The van der Waals surface area contributed by atoms with Crippen molar-refractivity contribution in [2.24, 2.45) is 0 Å². The summed E-state index contributed by atoms with van der Waals surface area (Å²) in [5.74, 6) is 0. The molecule has 0 aromatic heterocycles. The Bertz CT molecular complexity index is 595. The van der Waals surface area contributed by atoms with E-state index in [1.54, 1.807) is 4.90 Å². The highest BCUT2D eigenvalue weighted by Crippen LogP contribution is 2.18. The molecule has 0 aliphatic rings. The van der Waals surface area contributed by atoms with Crippen molar-refractivity contribution in [2.75, 3.05) is 7.05 Å². The van der Waals surface area contributed by atoms with Gasteiger partial charge in [0.15, 0.2) is 0 Å². The highest BCUT2D eigenvalue weighted by Gasteiger charge is 2.16. The van der Waals surface area contributed by atoms with Gasteiger partial charge in [0.1, 0.15) is 0 Å². The Kier molecular flexibility index (Phi) is 4.99. The van der Waals surface area contributed by atoms with Gasteiger partial charge in [0.05, 0.1) is 6.04 Å². The van der Waals surface area contributed by atoms with E-state index in [9.17, 15) is 4.79 Å². The van der Waals surface area contributed by atoms with Crippen LogP contribution in [0.15, 0.2) is 54.6 Å². The average Bonchev–Trinajstić information content (AvgIpc) is 2.53. The molecule has 2 amide bonds. The third-order valence-corrected chi connectivity index (χ3v) is 3.87. The number of carbonyl (C=O) groups excluding carboxylic acids is 1. The number of nitrogens with zero attached hydrogens (tertiary/aromatic N) is 1. The van der Waals surface area contributed by atoms with Gasteiger partial charge in [-0.05, 0) is 30.5 Å². The van der Waals surface area contributed by atoms with Gasteiger partial charge in [-0.3, -0.25) is 0 Å². The first-order valence-corrected chi connectivity index (χ1v) is 7.19. The van der Waals surface area contributed by atoms with Gasteiger partial charge in [-0.1, -0.05) is 54.6 Å². The molecule has 0 heterocycles. The van der Waals surface area contributed by atoms with Crippen LogP contribution in [0.25, 0.3) is 0 Å². The van der Waals surface area contributed by atoms with Crippen molar-refractivity contribution in [1.82, 2.24) is 10.2 Å². The Hall–Kier alpha value is -2.29. The minimum Gasteiger partial charge on any atom is -0.334 e. The number of aryl methyl sites for hydroxylation is 1. The van der Waals surface area contributed by atoms with Crippen molar-refractivity contribution in [3.05, 3.63) is 71.3 Å². The molecule has 1 N–H and O–H groups in total. The number of urea groups is 1. The van der Waals surface area contributed by atoms with E-state index in [0.29, 0.717) is 6.54 Å². The number of benzene rings is 2. The number of nitrogens with one attached hydrogen (secondary N) is 1. The number of rotatable bonds is 4. The Labute approximate surface area is 126 Å². The number of carbonyl (C=O) groups is 1. The Morgan fingerprint density at radius 3 is 2.38 bits per heavy atom. The predicted octanol–water partition coefficient (Wildman–Crippen LogP) is 3.90. The molecule has 1 atom stereocenters. The van der Waals surface area contributed by atoms with E-state index in [-0.39, 0.29) is 12.1 Å². The first-order chi connectivity index (χ1) is 10.1. The molecule has 0 spiro atoms. The molecule has 0 radical (unpaired) electrons. The van der Waals surface area contributed by atoms with Crippen molar-refractivity contribution in [1.29, 1.82) is 0 Å². The van der Waals surface area contributed by atoms with E-state index in [0.717, 1.165) is 11.1 Å². The molecule has 0 aliphatic heterocycles. The molecule has 3 heteroatoms. The largest absolute Gasteiger partial charge is 0.334 e. The van der Waals surface area contributed by atoms with Gasteiger partial charge in [-0.2, -0.15) is 0 Å². The normalized spacial score (nSPS) is 11.8. The molecule has 0 saturated heterocycles. The topological polar surface area (TPSA) is 32.3 Å². The van der Waals surface area contributed by atoms with E-state index in [1.807, 2.05) is 62.5 Å². The van der Waals surface area contributed by atoms with Crippen molar-refractivity contribution in [3.8, 4) is 0 Å². The summed E-state index contributed by atoms with van der Waals surface area (Å²) in [4.78, 5) is 14.0. The average molecular weight is 282 g/mol. The van der Waals surface area contributed by atoms with Crippen LogP contribution in [0.4, 0.5) is 4.79 Å². The number of hydrogen-bond acceptors (Lipinski definition) is 1. The molecular weight excluding hydrogens is 260 g/mol. The van der Waals surface area contributed by atoms with E-state index in [4.69, 9.17) is 0 Å². The predicted molar refractivity (Wildman–Crippen MR) is 86.0 cm³/mol. The number of amides is 2. The van der Waals surface area contributed by atoms with Gasteiger partial charge in [-0.25, -0.2) is 4.79 Å². The molecule has 0 aliphatic carbocycles. The first kappa shape index (κ1) is 15.1. The first-order valence-electron chi connectivity index (χ1n) is 7.19. The van der Waals surface area contributed by atoms with Crippen LogP contribution < -0.4 is 5.32 Å². The summed E-state index contributed by atoms with van der Waals surface area (Å²) in [5.41, 5.74) is 3.47. The van der Waals surface area contributed by atoms with Gasteiger partial charge in [0.25, 0.3) is 0 Å².